The number of aliphatic carboxylic acids is 1. The van der Waals surface area contributed by atoms with E-state index in [1.165, 1.54) is 20.5 Å². The lowest BCUT2D eigenvalue weighted by Gasteiger charge is -2.20. The van der Waals surface area contributed by atoms with Gasteiger partial charge in [-0.05, 0) is 74.4 Å². The molecule has 1 N–H and O–H groups in total. The standard InChI is InChI=1S/C28H33BrFNO3S.BrH/c1-28(2,27(32)33)17-19-4-9-23-25(16-19)35-15-11-24(29)26(23)20-5-7-21(8-6-20)34-22-10-14-31(18-22)13-3-12-30;/h4-9,16,22H,3,10-15,17-18H2,1-2H3,(H,32,33);1H/t22-;/m0./s1. The van der Waals surface area contributed by atoms with Crippen molar-refractivity contribution in [2.75, 3.05) is 32.1 Å². The number of fused-ring (bicyclic) bond motifs is 1. The van der Waals surface area contributed by atoms with Gasteiger partial charge in [0.05, 0.1) is 12.1 Å². The van der Waals surface area contributed by atoms with E-state index in [1.807, 2.05) is 23.9 Å². The summed E-state index contributed by atoms with van der Waals surface area (Å²) in [4.78, 5) is 15.1. The monoisotopic (exact) mass is 641 g/mol. The molecule has 2 aliphatic heterocycles. The Kier molecular flexibility index (Phi) is 10.5. The van der Waals surface area contributed by atoms with Crippen LogP contribution < -0.4 is 4.74 Å². The second-order valence-electron chi connectivity index (χ2n) is 9.97. The number of alkyl halides is 1. The molecule has 8 heteroatoms. The number of benzene rings is 2. The summed E-state index contributed by atoms with van der Waals surface area (Å²) in [6.07, 6.45) is 3.13. The molecule has 0 radical (unpaired) electrons. The fourth-order valence-corrected chi connectivity index (χ4v) is 6.68. The fraction of sp³-hybridized carbons (Fsp3) is 0.464. The third-order valence-corrected chi connectivity index (χ3v) is 8.52. The second kappa shape index (κ2) is 12.9. The molecule has 36 heavy (non-hydrogen) atoms. The number of ether oxygens (including phenoxy) is 1. The number of halogens is 3. The molecule has 0 aromatic heterocycles. The van der Waals surface area contributed by atoms with E-state index in [9.17, 15) is 14.3 Å². The van der Waals surface area contributed by atoms with Crippen molar-refractivity contribution in [1.82, 2.24) is 4.90 Å². The maximum Gasteiger partial charge on any atom is 0.309 e. The first-order chi connectivity index (χ1) is 16.8. The van der Waals surface area contributed by atoms with Gasteiger partial charge in [0.1, 0.15) is 11.9 Å². The number of carboxylic acid groups (broad SMARTS) is 1. The number of nitrogens with zero attached hydrogens (tertiary/aromatic N) is 1. The minimum Gasteiger partial charge on any atom is -0.489 e. The number of hydrogen-bond acceptors (Lipinski definition) is 4. The zero-order chi connectivity index (χ0) is 25.0. The summed E-state index contributed by atoms with van der Waals surface area (Å²) >= 11 is 5.66. The highest BCUT2D eigenvalue weighted by Crippen LogP contribution is 2.42. The quantitative estimate of drug-likeness (QED) is 0.309. The predicted octanol–water partition coefficient (Wildman–Crippen LogP) is 7.38. The van der Waals surface area contributed by atoms with Gasteiger partial charge in [-0.1, -0.05) is 40.2 Å². The Bertz CT molecular complexity index is 1090. The van der Waals surface area contributed by atoms with Gasteiger partial charge in [0.15, 0.2) is 0 Å². The molecule has 0 spiro atoms. The van der Waals surface area contributed by atoms with Gasteiger partial charge in [0, 0.05) is 40.3 Å². The van der Waals surface area contributed by atoms with Crippen molar-refractivity contribution >= 4 is 56.2 Å². The van der Waals surface area contributed by atoms with Crippen LogP contribution in [-0.4, -0.2) is 54.1 Å². The van der Waals surface area contributed by atoms with Crippen LogP contribution in [0, 0.1) is 5.41 Å². The summed E-state index contributed by atoms with van der Waals surface area (Å²) in [5, 5.41) is 9.53. The summed E-state index contributed by atoms with van der Waals surface area (Å²) in [7, 11) is 0. The molecule has 4 rings (SSSR count). The predicted molar refractivity (Wildman–Crippen MR) is 155 cm³/mol. The highest BCUT2D eigenvalue weighted by atomic mass is 79.9. The molecule has 4 nitrogen and oxygen atoms in total. The van der Waals surface area contributed by atoms with Crippen molar-refractivity contribution in [2.24, 2.45) is 5.41 Å². The van der Waals surface area contributed by atoms with Crippen LogP contribution >= 0.6 is 44.7 Å². The third-order valence-electron chi connectivity index (χ3n) is 6.67. The van der Waals surface area contributed by atoms with Crippen molar-refractivity contribution in [3.05, 3.63) is 63.6 Å². The lowest BCUT2D eigenvalue weighted by Crippen LogP contribution is -2.26. The van der Waals surface area contributed by atoms with E-state index in [1.54, 1.807) is 13.8 Å². The molecule has 2 heterocycles. The van der Waals surface area contributed by atoms with Gasteiger partial charge in [-0.2, -0.15) is 0 Å². The average Bonchev–Trinajstić information content (AvgIpc) is 3.20. The zero-order valence-corrected chi connectivity index (χ0v) is 24.9. The van der Waals surface area contributed by atoms with Crippen molar-refractivity contribution in [3.8, 4) is 5.75 Å². The van der Waals surface area contributed by atoms with E-state index in [0.717, 1.165) is 55.1 Å². The van der Waals surface area contributed by atoms with Crippen LogP contribution in [0.2, 0.25) is 0 Å². The normalized spacial score (nSPS) is 18.4. The lowest BCUT2D eigenvalue weighted by atomic mass is 9.85. The molecule has 1 fully saturated rings. The number of thioether (sulfide) groups is 1. The lowest BCUT2D eigenvalue weighted by molar-refractivity contribution is -0.146. The molecule has 0 amide bonds. The Morgan fingerprint density at radius 3 is 2.69 bits per heavy atom. The Labute approximate surface area is 236 Å². The minimum atomic E-state index is -0.803. The molecule has 2 aromatic rings. The zero-order valence-electron chi connectivity index (χ0n) is 20.8. The van der Waals surface area contributed by atoms with Crippen molar-refractivity contribution in [2.45, 2.75) is 50.5 Å². The number of hydrogen-bond donors (Lipinski definition) is 1. The van der Waals surface area contributed by atoms with E-state index in [0.29, 0.717) is 12.8 Å². The van der Waals surface area contributed by atoms with Crippen LogP contribution in [0.5, 0.6) is 5.75 Å². The van der Waals surface area contributed by atoms with Crippen molar-refractivity contribution in [3.63, 3.8) is 0 Å². The molecule has 1 saturated heterocycles. The average molecular weight is 643 g/mol. The van der Waals surface area contributed by atoms with Crippen molar-refractivity contribution < 1.29 is 19.0 Å². The van der Waals surface area contributed by atoms with Crippen molar-refractivity contribution in [1.29, 1.82) is 0 Å². The van der Waals surface area contributed by atoms with Gasteiger partial charge in [0.2, 0.25) is 0 Å². The molecule has 0 saturated carbocycles. The van der Waals surface area contributed by atoms with E-state index >= 15 is 0 Å². The van der Waals surface area contributed by atoms with E-state index in [-0.39, 0.29) is 29.8 Å². The molecule has 1 atom stereocenters. The first kappa shape index (κ1) is 29.2. The van der Waals surface area contributed by atoms with E-state index < -0.39 is 11.4 Å². The molecule has 2 aromatic carbocycles. The first-order valence-corrected chi connectivity index (χ1v) is 14.0. The molecule has 0 bridgehead atoms. The van der Waals surface area contributed by atoms with Crippen LogP contribution in [0.15, 0.2) is 51.8 Å². The number of likely N-dealkylation sites (tertiary alicyclic amines) is 1. The van der Waals surface area contributed by atoms with Crippen LogP contribution in [0.4, 0.5) is 4.39 Å². The number of allylic oxidation sites excluding steroid dienone is 1. The molecule has 0 aliphatic carbocycles. The maximum atomic E-state index is 12.5. The minimum absolute atomic E-state index is 0. The molecular weight excluding hydrogens is 609 g/mol. The van der Waals surface area contributed by atoms with E-state index in [4.69, 9.17) is 4.74 Å². The molecule has 196 valence electrons. The molecule has 0 unspecified atom stereocenters. The highest BCUT2D eigenvalue weighted by molar-refractivity contribution is 9.11. The summed E-state index contributed by atoms with van der Waals surface area (Å²) < 4.78 is 19.8. The summed E-state index contributed by atoms with van der Waals surface area (Å²) in [6, 6.07) is 14.6. The fourth-order valence-electron chi connectivity index (χ4n) is 4.69. The van der Waals surface area contributed by atoms with Gasteiger partial charge in [-0.15, -0.1) is 28.7 Å². The third kappa shape index (κ3) is 7.15. The van der Waals surface area contributed by atoms with E-state index in [2.05, 4.69) is 51.2 Å². The van der Waals surface area contributed by atoms with Gasteiger partial charge >= 0.3 is 5.97 Å². The SMILES string of the molecule is Br.CC(C)(Cc1ccc2c(c1)SCCC(Br)=C2c1ccc(O[C@H]2CCN(CCCF)C2)cc1)C(=O)O. The Balaban J connectivity index is 0.00000361. The Hall–Kier alpha value is -1.35. The van der Waals surface area contributed by atoms with Crippen LogP contribution in [-0.2, 0) is 11.2 Å². The number of carboxylic acids is 1. The topological polar surface area (TPSA) is 49.8 Å². The Morgan fingerprint density at radius 2 is 2.00 bits per heavy atom. The number of carbonyl (C=O) groups is 1. The van der Waals surface area contributed by atoms with Crippen LogP contribution in [0.1, 0.15) is 49.8 Å². The summed E-state index contributed by atoms with van der Waals surface area (Å²) in [6.45, 7) is 5.88. The summed E-state index contributed by atoms with van der Waals surface area (Å²) in [5.74, 6) is 1.04. The second-order valence-corrected chi connectivity index (χ2v) is 12.1. The molecule has 2 aliphatic rings. The molecular formula is C28H34Br2FNO3S. The highest BCUT2D eigenvalue weighted by Gasteiger charge is 2.28. The van der Waals surface area contributed by atoms with Gasteiger partial charge in [-0.3, -0.25) is 14.1 Å². The van der Waals surface area contributed by atoms with Crippen LogP contribution in [0.25, 0.3) is 5.57 Å². The Morgan fingerprint density at radius 1 is 1.25 bits per heavy atom. The smallest absolute Gasteiger partial charge is 0.309 e. The first-order valence-electron chi connectivity index (χ1n) is 12.2. The largest absolute Gasteiger partial charge is 0.489 e. The number of rotatable bonds is 9. The van der Waals surface area contributed by atoms with Gasteiger partial charge < -0.3 is 9.84 Å². The van der Waals surface area contributed by atoms with Crippen LogP contribution in [0.3, 0.4) is 0 Å². The van der Waals surface area contributed by atoms with Gasteiger partial charge in [-0.25, -0.2) is 0 Å². The summed E-state index contributed by atoms with van der Waals surface area (Å²) in [5.41, 5.74) is 3.72. The maximum absolute atomic E-state index is 12.5. The van der Waals surface area contributed by atoms with Gasteiger partial charge in [0.25, 0.3) is 0 Å².